The van der Waals surface area contributed by atoms with Gasteiger partial charge in [0.25, 0.3) is 0 Å². The van der Waals surface area contributed by atoms with Crippen LogP contribution < -0.4 is 0 Å². The van der Waals surface area contributed by atoms with Gasteiger partial charge < -0.3 is 14.9 Å². The maximum absolute atomic E-state index is 12.4. The second-order valence-electron chi connectivity index (χ2n) is 10.2. The number of ether oxygens (including phenoxy) is 1. The number of hydrogen-bond donors (Lipinski definition) is 2. The lowest BCUT2D eigenvalue weighted by atomic mass is 9.42. The smallest absolute Gasteiger partial charge is 0.309 e. The fourth-order valence-corrected chi connectivity index (χ4v) is 7.92. The highest BCUT2D eigenvalue weighted by Gasteiger charge is 2.68. The first-order valence-electron chi connectivity index (χ1n) is 10.5. The molecule has 4 rings (SSSR count). The Balaban J connectivity index is 1.70. The summed E-state index contributed by atoms with van der Waals surface area (Å²) in [7, 11) is 1.46. The van der Waals surface area contributed by atoms with Crippen molar-refractivity contribution in [1.82, 2.24) is 0 Å². The Labute approximate surface area is 161 Å². The van der Waals surface area contributed by atoms with Crippen LogP contribution in [0.15, 0.2) is 5.18 Å². The van der Waals surface area contributed by atoms with E-state index in [-0.39, 0.29) is 23.7 Å². The van der Waals surface area contributed by atoms with E-state index in [9.17, 15) is 19.9 Å². The van der Waals surface area contributed by atoms with E-state index in [2.05, 4.69) is 19.0 Å². The molecule has 4 aliphatic rings. The zero-order valence-corrected chi connectivity index (χ0v) is 16.7. The lowest BCUT2D eigenvalue weighted by Gasteiger charge is -2.64. The van der Waals surface area contributed by atoms with Gasteiger partial charge in [0, 0.05) is 11.8 Å². The Bertz CT molecular complexity index is 640. The van der Waals surface area contributed by atoms with Crippen LogP contribution in [0.25, 0.3) is 0 Å². The van der Waals surface area contributed by atoms with Gasteiger partial charge in [0.15, 0.2) is 0 Å². The summed E-state index contributed by atoms with van der Waals surface area (Å²) >= 11 is 0. The second kappa shape index (κ2) is 6.24. The molecule has 6 nitrogen and oxygen atoms in total. The molecule has 0 amide bonds. The van der Waals surface area contributed by atoms with Gasteiger partial charge in [-0.1, -0.05) is 19.0 Å². The van der Waals surface area contributed by atoms with Gasteiger partial charge >= 0.3 is 5.97 Å². The molecular weight excluding hydrogens is 346 g/mol. The van der Waals surface area contributed by atoms with Crippen LogP contribution in [0.4, 0.5) is 0 Å². The van der Waals surface area contributed by atoms with Crippen molar-refractivity contribution in [3.05, 3.63) is 4.91 Å². The highest BCUT2D eigenvalue weighted by molar-refractivity contribution is 5.73. The van der Waals surface area contributed by atoms with Gasteiger partial charge in [0.2, 0.25) is 0 Å². The molecule has 2 N–H and O–H groups in total. The predicted molar refractivity (Wildman–Crippen MR) is 99.7 cm³/mol. The number of fused-ring (bicyclic) bond motifs is 5. The second-order valence-corrected chi connectivity index (χ2v) is 10.2. The number of methoxy groups -OCH3 is 1. The summed E-state index contributed by atoms with van der Waals surface area (Å²) in [6.07, 6.45) is 5.36. The molecule has 0 heterocycles. The first-order valence-corrected chi connectivity index (χ1v) is 10.5. The molecule has 4 saturated carbocycles. The molecule has 0 aromatic carbocycles. The standard InChI is InChI=1S/C21H33NO5/c1-19-8-7-15-13(14(19)4-5-16(19)18(24)27-3)10-17(22-26)21(25)11-12(23)6-9-20(15,21)2/h12-17,23,25H,4-11H2,1-3H3/t12-,13-,14-,15-,16+,17?,19-,20+,21-/m0/s1. The minimum Gasteiger partial charge on any atom is -0.469 e. The van der Waals surface area contributed by atoms with E-state index in [0.29, 0.717) is 30.6 Å². The van der Waals surface area contributed by atoms with Crippen LogP contribution in [0, 0.1) is 39.4 Å². The van der Waals surface area contributed by atoms with Gasteiger partial charge in [-0.2, -0.15) is 4.91 Å². The van der Waals surface area contributed by atoms with E-state index in [0.717, 1.165) is 32.1 Å². The van der Waals surface area contributed by atoms with Crippen LogP contribution in [-0.4, -0.2) is 41.0 Å². The number of aliphatic hydroxyl groups is 2. The first kappa shape index (κ1) is 19.3. The highest BCUT2D eigenvalue weighted by Crippen LogP contribution is 2.68. The van der Waals surface area contributed by atoms with Crippen molar-refractivity contribution in [3.8, 4) is 0 Å². The minimum absolute atomic E-state index is 0.0714. The maximum Gasteiger partial charge on any atom is 0.309 e. The number of aliphatic hydroxyl groups excluding tert-OH is 1. The molecular formula is C21H33NO5. The molecule has 0 aliphatic heterocycles. The van der Waals surface area contributed by atoms with Gasteiger partial charge in [-0.3, -0.25) is 4.79 Å². The van der Waals surface area contributed by atoms with Crippen molar-refractivity contribution in [2.45, 2.75) is 83.0 Å². The van der Waals surface area contributed by atoms with Crippen LogP contribution in [0.3, 0.4) is 0 Å². The molecule has 27 heavy (non-hydrogen) atoms. The molecule has 0 aromatic heterocycles. The third kappa shape index (κ3) is 2.41. The Hall–Kier alpha value is -1.01. The normalized spacial score (nSPS) is 54.4. The number of nitrogens with zero attached hydrogens (tertiary/aromatic N) is 1. The van der Waals surface area contributed by atoms with Crippen molar-refractivity contribution >= 4 is 5.97 Å². The topological polar surface area (TPSA) is 96.2 Å². The fraction of sp³-hybridized carbons (Fsp3) is 0.952. The number of esters is 1. The third-order valence-corrected chi connectivity index (χ3v) is 9.45. The number of hydrogen-bond acceptors (Lipinski definition) is 6. The molecule has 1 unspecified atom stereocenters. The molecule has 0 spiro atoms. The lowest BCUT2D eigenvalue weighted by Crippen LogP contribution is -2.68. The number of carbonyl (C=O) groups is 1. The number of carbonyl (C=O) groups excluding carboxylic acids is 1. The molecule has 4 fully saturated rings. The van der Waals surface area contributed by atoms with Gasteiger partial charge in [0.1, 0.15) is 6.04 Å². The molecule has 0 aromatic rings. The summed E-state index contributed by atoms with van der Waals surface area (Å²) in [5, 5.41) is 25.1. The quantitative estimate of drug-likeness (QED) is 0.568. The van der Waals surface area contributed by atoms with Gasteiger partial charge in [0.05, 0.1) is 24.7 Å². The number of nitroso groups, excluding NO2 is 1. The monoisotopic (exact) mass is 379 g/mol. The lowest BCUT2D eigenvalue weighted by molar-refractivity contribution is -0.228. The zero-order chi connectivity index (χ0) is 19.6. The van der Waals surface area contributed by atoms with Crippen molar-refractivity contribution in [3.63, 3.8) is 0 Å². The molecule has 152 valence electrons. The third-order valence-electron chi connectivity index (χ3n) is 9.45. The van der Waals surface area contributed by atoms with Crippen molar-refractivity contribution in [2.24, 2.45) is 39.7 Å². The van der Waals surface area contributed by atoms with E-state index in [1.54, 1.807) is 0 Å². The summed E-state index contributed by atoms with van der Waals surface area (Å²) in [6.45, 7) is 4.34. The Kier molecular flexibility index (Phi) is 4.47. The van der Waals surface area contributed by atoms with Crippen molar-refractivity contribution < 1.29 is 19.7 Å². The molecule has 0 saturated heterocycles. The largest absolute Gasteiger partial charge is 0.469 e. The summed E-state index contributed by atoms with van der Waals surface area (Å²) in [4.78, 5) is 24.1. The zero-order valence-electron chi connectivity index (χ0n) is 16.7. The van der Waals surface area contributed by atoms with Gasteiger partial charge in [-0.15, -0.1) is 0 Å². The molecule has 9 atom stereocenters. The van der Waals surface area contributed by atoms with E-state index in [4.69, 9.17) is 4.74 Å². The first-order chi connectivity index (χ1) is 12.7. The van der Waals surface area contributed by atoms with E-state index < -0.39 is 23.2 Å². The average molecular weight is 379 g/mol. The minimum atomic E-state index is -1.22. The molecule has 0 bridgehead atoms. The summed E-state index contributed by atoms with van der Waals surface area (Å²) in [5.41, 5.74) is -1.72. The van der Waals surface area contributed by atoms with E-state index in [1.807, 2.05) is 0 Å². The summed E-state index contributed by atoms with van der Waals surface area (Å²) < 4.78 is 5.08. The van der Waals surface area contributed by atoms with Crippen LogP contribution >= 0.6 is 0 Å². The van der Waals surface area contributed by atoms with Gasteiger partial charge in [-0.25, -0.2) is 0 Å². The Morgan fingerprint density at radius 1 is 1.11 bits per heavy atom. The average Bonchev–Trinajstić information content (AvgIpc) is 2.99. The predicted octanol–water partition coefficient (Wildman–Crippen LogP) is 3.04. The van der Waals surface area contributed by atoms with Gasteiger partial charge in [-0.05, 0) is 68.1 Å². The van der Waals surface area contributed by atoms with Crippen LogP contribution in [0.5, 0.6) is 0 Å². The molecule has 0 radical (unpaired) electrons. The van der Waals surface area contributed by atoms with Crippen LogP contribution in [0.2, 0.25) is 0 Å². The van der Waals surface area contributed by atoms with E-state index >= 15 is 0 Å². The summed E-state index contributed by atoms with van der Waals surface area (Å²) in [6, 6.07) is -0.682. The van der Waals surface area contributed by atoms with Crippen LogP contribution in [-0.2, 0) is 9.53 Å². The molecule has 6 heteroatoms. The Morgan fingerprint density at radius 2 is 1.85 bits per heavy atom. The SMILES string of the molecule is COC(=O)[C@H]1CC[C@H]2[C@@H]3CC(N=O)[C@@]4(O)C[C@@H](O)CC[C@]4(C)[C@H]3CC[C@]12C. The van der Waals surface area contributed by atoms with Crippen LogP contribution in [0.1, 0.15) is 65.2 Å². The number of rotatable bonds is 2. The van der Waals surface area contributed by atoms with Crippen molar-refractivity contribution in [2.75, 3.05) is 7.11 Å². The maximum atomic E-state index is 12.4. The molecule has 4 aliphatic carbocycles. The van der Waals surface area contributed by atoms with Crippen molar-refractivity contribution in [1.29, 1.82) is 0 Å². The Morgan fingerprint density at radius 3 is 2.52 bits per heavy atom. The summed E-state index contributed by atoms with van der Waals surface area (Å²) in [5.74, 6) is 0.780. The fourth-order valence-electron chi connectivity index (χ4n) is 7.92. The van der Waals surface area contributed by atoms with E-state index in [1.165, 1.54) is 7.11 Å². The highest BCUT2D eigenvalue weighted by atomic mass is 16.5.